The highest BCUT2D eigenvalue weighted by Crippen LogP contribution is 2.26. The SMILES string of the molecule is Nc1cc(Cl)cc2cc(CN3CCNC(C=O)C3)[nH]c12. The molecule has 3 rings (SSSR count). The van der Waals surface area contributed by atoms with Crippen LogP contribution in [-0.2, 0) is 11.3 Å². The van der Waals surface area contributed by atoms with Crippen LogP contribution < -0.4 is 11.1 Å². The van der Waals surface area contributed by atoms with Crippen LogP contribution in [0.2, 0.25) is 5.02 Å². The van der Waals surface area contributed by atoms with Crippen molar-refractivity contribution in [2.45, 2.75) is 12.6 Å². The quantitative estimate of drug-likeness (QED) is 0.590. The Hall–Kier alpha value is -1.56. The Morgan fingerprint density at radius 3 is 3.10 bits per heavy atom. The molecule has 1 aliphatic rings. The van der Waals surface area contributed by atoms with E-state index in [1.807, 2.05) is 6.07 Å². The Balaban J connectivity index is 1.80. The first-order valence-electron chi connectivity index (χ1n) is 6.63. The molecule has 1 aliphatic heterocycles. The third-order valence-electron chi connectivity index (χ3n) is 3.63. The second-order valence-corrected chi connectivity index (χ2v) is 5.62. The third-order valence-corrected chi connectivity index (χ3v) is 3.85. The minimum absolute atomic E-state index is 0.0763. The van der Waals surface area contributed by atoms with Crippen LogP contribution in [0.15, 0.2) is 18.2 Å². The molecule has 1 aromatic heterocycles. The number of fused-ring (bicyclic) bond motifs is 1. The average molecular weight is 293 g/mol. The van der Waals surface area contributed by atoms with Crippen LogP contribution in [0.5, 0.6) is 0 Å². The lowest BCUT2D eigenvalue weighted by atomic mass is 10.2. The number of piperazine rings is 1. The van der Waals surface area contributed by atoms with E-state index in [4.69, 9.17) is 17.3 Å². The first-order valence-corrected chi connectivity index (χ1v) is 7.01. The van der Waals surface area contributed by atoms with Crippen LogP contribution in [-0.4, -0.2) is 41.8 Å². The van der Waals surface area contributed by atoms with Crippen LogP contribution in [0.4, 0.5) is 5.69 Å². The van der Waals surface area contributed by atoms with Crippen molar-refractivity contribution < 1.29 is 4.79 Å². The molecule has 0 radical (unpaired) electrons. The Morgan fingerprint density at radius 1 is 1.45 bits per heavy atom. The monoisotopic (exact) mass is 292 g/mol. The molecule has 0 bridgehead atoms. The van der Waals surface area contributed by atoms with Crippen LogP contribution in [0.25, 0.3) is 10.9 Å². The van der Waals surface area contributed by atoms with Gasteiger partial charge in [-0.25, -0.2) is 0 Å². The summed E-state index contributed by atoms with van der Waals surface area (Å²) in [5.41, 5.74) is 8.63. The number of carbonyl (C=O) groups excluding carboxylic acids is 1. The topological polar surface area (TPSA) is 74.2 Å². The molecule has 20 heavy (non-hydrogen) atoms. The summed E-state index contributed by atoms with van der Waals surface area (Å²) in [5.74, 6) is 0. The number of anilines is 1. The zero-order valence-corrected chi connectivity index (χ0v) is 11.8. The fourth-order valence-corrected chi connectivity index (χ4v) is 2.93. The van der Waals surface area contributed by atoms with E-state index in [2.05, 4.69) is 21.3 Å². The smallest absolute Gasteiger partial charge is 0.138 e. The second kappa shape index (κ2) is 5.44. The molecule has 0 saturated carbocycles. The lowest BCUT2D eigenvalue weighted by Gasteiger charge is -2.30. The van der Waals surface area contributed by atoms with Crippen molar-refractivity contribution in [2.75, 3.05) is 25.4 Å². The van der Waals surface area contributed by atoms with Crippen molar-refractivity contribution in [2.24, 2.45) is 0 Å². The highest BCUT2D eigenvalue weighted by molar-refractivity contribution is 6.31. The van der Waals surface area contributed by atoms with Gasteiger partial charge in [-0.3, -0.25) is 4.90 Å². The van der Waals surface area contributed by atoms with Gasteiger partial charge in [0.2, 0.25) is 0 Å². The lowest BCUT2D eigenvalue weighted by Crippen LogP contribution is -2.50. The molecule has 1 fully saturated rings. The number of aldehydes is 1. The molecular weight excluding hydrogens is 276 g/mol. The number of H-pyrrole nitrogens is 1. The van der Waals surface area contributed by atoms with Gasteiger partial charge in [0.1, 0.15) is 6.29 Å². The zero-order valence-electron chi connectivity index (χ0n) is 11.0. The molecule has 4 N–H and O–H groups in total. The summed E-state index contributed by atoms with van der Waals surface area (Å²) < 4.78 is 0. The fraction of sp³-hybridized carbons (Fsp3) is 0.357. The van der Waals surface area contributed by atoms with Crippen molar-refractivity contribution in [1.29, 1.82) is 0 Å². The fourth-order valence-electron chi connectivity index (χ4n) is 2.70. The Labute approximate surface area is 122 Å². The maximum absolute atomic E-state index is 10.9. The second-order valence-electron chi connectivity index (χ2n) is 5.19. The summed E-state index contributed by atoms with van der Waals surface area (Å²) in [7, 11) is 0. The minimum atomic E-state index is -0.0763. The molecule has 0 amide bonds. The number of aromatic amines is 1. The van der Waals surface area contributed by atoms with E-state index in [-0.39, 0.29) is 6.04 Å². The number of carbonyl (C=O) groups is 1. The number of nitrogens with zero attached hydrogens (tertiary/aromatic N) is 1. The number of rotatable bonds is 3. The van der Waals surface area contributed by atoms with Crippen LogP contribution in [0, 0.1) is 0 Å². The molecule has 6 heteroatoms. The van der Waals surface area contributed by atoms with Crippen molar-refractivity contribution >= 4 is 34.5 Å². The number of hydrogen-bond acceptors (Lipinski definition) is 4. The van der Waals surface area contributed by atoms with E-state index in [1.54, 1.807) is 6.07 Å². The van der Waals surface area contributed by atoms with E-state index in [1.165, 1.54) is 0 Å². The van der Waals surface area contributed by atoms with Gasteiger partial charge in [-0.1, -0.05) is 11.6 Å². The number of halogens is 1. The predicted octanol–water partition coefficient (Wildman–Crippen LogP) is 1.38. The normalized spacial score (nSPS) is 20.4. The molecule has 0 aliphatic carbocycles. The molecule has 1 unspecified atom stereocenters. The van der Waals surface area contributed by atoms with Crippen molar-refractivity contribution in [1.82, 2.24) is 15.2 Å². The first kappa shape index (κ1) is 13.4. The summed E-state index contributed by atoms with van der Waals surface area (Å²) >= 11 is 6.01. The number of nitrogen functional groups attached to an aromatic ring is 1. The minimum Gasteiger partial charge on any atom is -0.397 e. The largest absolute Gasteiger partial charge is 0.397 e. The molecular formula is C14H17ClN4O. The summed E-state index contributed by atoms with van der Waals surface area (Å²) in [4.78, 5) is 16.4. The van der Waals surface area contributed by atoms with E-state index >= 15 is 0 Å². The van der Waals surface area contributed by atoms with Gasteiger partial charge in [0.05, 0.1) is 17.2 Å². The highest BCUT2D eigenvalue weighted by atomic mass is 35.5. The molecule has 106 valence electrons. The number of nitrogens with one attached hydrogen (secondary N) is 2. The van der Waals surface area contributed by atoms with Gasteiger partial charge in [-0.15, -0.1) is 0 Å². The van der Waals surface area contributed by atoms with Gasteiger partial charge in [0.15, 0.2) is 0 Å². The van der Waals surface area contributed by atoms with Crippen LogP contribution in [0.3, 0.4) is 0 Å². The average Bonchev–Trinajstić information content (AvgIpc) is 2.81. The Bertz CT molecular complexity index is 639. The standard InChI is InChI=1S/C14H17ClN4O/c15-10-3-9-4-11(18-14(9)13(16)5-10)6-19-2-1-17-12(7-19)8-20/h3-5,8,12,17-18H,1-2,6-7,16H2. The maximum Gasteiger partial charge on any atom is 0.138 e. The Morgan fingerprint density at radius 2 is 2.30 bits per heavy atom. The molecule has 5 nitrogen and oxygen atoms in total. The van der Waals surface area contributed by atoms with Gasteiger partial charge in [-0.05, 0) is 18.2 Å². The molecule has 2 heterocycles. The molecule has 1 atom stereocenters. The number of nitrogens with two attached hydrogens (primary N) is 1. The number of benzene rings is 1. The number of hydrogen-bond donors (Lipinski definition) is 3. The predicted molar refractivity (Wildman–Crippen MR) is 80.9 cm³/mol. The zero-order chi connectivity index (χ0) is 14.1. The molecule has 1 saturated heterocycles. The summed E-state index contributed by atoms with van der Waals surface area (Å²) in [6.45, 7) is 3.26. The van der Waals surface area contributed by atoms with Gasteiger partial charge < -0.3 is 20.8 Å². The molecule has 2 aromatic rings. The van der Waals surface area contributed by atoms with E-state index in [0.29, 0.717) is 10.7 Å². The number of aromatic nitrogens is 1. The first-order chi connectivity index (χ1) is 9.65. The van der Waals surface area contributed by atoms with Crippen LogP contribution in [0.1, 0.15) is 5.69 Å². The van der Waals surface area contributed by atoms with E-state index < -0.39 is 0 Å². The third kappa shape index (κ3) is 2.65. The van der Waals surface area contributed by atoms with E-state index in [0.717, 1.165) is 49.1 Å². The van der Waals surface area contributed by atoms with Gasteiger partial charge in [0.25, 0.3) is 0 Å². The Kier molecular flexibility index (Phi) is 3.65. The van der Waals surface area contributed by atoms with E-state index in [9.17, 15) is 4.79 Å². The van der Waals surface area contributed by atoms with Crippen molar-refractivity contribution in [3.8, 4) is 0 Å². The van der Waals surface area contributed by atoms with Gasteiger partial charge >= 0.3 is 0 Å². The summed E-state index contributed by atoms with van der Waals surface area (Å²) in [6.07, 6.45) is 0.967. The molecule has 1 aromatic carbocycles. The van der Waals surface area contributed by atoms with Crippen molar-refractivity contribution in [3.05, 3.63) is 28.9 Å². The molecule has 0 spiro atoms. The highest BCUT2D eigenvalue weighted by Gasteiger charge is 2.19. The van der Waals surface area contributed by atoms with Crippen LogP contribution >= 0.6 is 11.6 Å². The summed E-state index contributed by atoms with van der Waals surface area (Å²) in [5, 5.41) is 4.83. The van der Waals surface area contributed by atoms with Gasteiger partial charge in [0, 0.05) is 42.3 Å². The maximum atomic E-state index is 10.9. The van der Waals surface area contributed by atoms with Crippen molar-refractivity contribution in [3.63, 3.8) is 0 Å². The lowest BCUT2D eigenvalue weighted by molar-refractivity contribution is -0.110. The van der Waals surface area contributed by atoms with Gasteiger partial charge in [-0.2, -0.15) is 0 Å². The summed E-state index contributed by atoms with van der Waals surface area (Å²) in [6, 6.07) is 5.64.